The molecular formula is C12H15ClFN3S. The van der Waals surface area contributed by atoms with E-state index in [9.17, 15) is 4.39 Å². The molecule has 18 heavy (non-hydrogen) atoms. The third-order valence-electron chi connectivity index (χ3n) is 2.76. The highest BCUT2D eigenvalue weighted by atomic mass is 35.5. The Morgan fingerprint density at radius 1 is 1.56 bits per heavy atom. The average Bonchev–Trinajstić information content (AvgIpc) is 2.62. The monoisotopic (exact) mass is 287 g/mol. The first-order valence-corrected chi connectivity index (χ1v) is 7.28. The first-order valence-electron chi connectivity index (χ1n) is 5.74. The van der Waals surface area contributed by atoms with Gasteiger partial charge in [0.05, 0.1) is 16.1 Å². The van der Waals surface area contributed by atoms with Gasteiger partial charge in [-0.2, -0.15) is 11.8 Å². The van der Waals surface area contributed by atoms with Crippen molar-refractivity contribution in [3.63, 3.8) is 0 Å². The van der Waals surface area contributed by atoms with E-state index in [2.05, 4.69) is 18.8 Å². The summed E-state index contributed by atoms with van der Waals surface area (Å²) in [7, 11) is 0. The second-order valence-electron chi connectivity index (χ2n) is 4.10. The van der Waals surface area contributed by atoms with Crippen LogP contribution in [-0.2, 0) is 0 Å². The van der Waals surface area contributed by atoms with Gasteiger partial charge in [-0.1, -0.05) is 18.5 Å². The van der Waals surface area contributed by atoms with Gasteiger partial charge in [-0.25, -0.2) is 9.37 Å². The van der Waals surface area contributed by atoms with Crippen LogP contribution in [0.4, 0.5) is 10.3 Å². The van der Waals surface area contributed by atoms with Crippen LogP contribution < -0.4 is 5.73 Å². The van der Waals surface area contributed by atoms with E-state index in [0.717, 1.165) is 17.0 Å². The quantitative estimate of drug-likeness (QED) is 0.932. The summed E-state index contributed by atoms with van der Waals surface area (Å²) >= 11 is 7.64. The molecular weight excluding hydrogens is 273 g/mol. The molecule has 6 heteroatoms. The standard InChI is InChI=1S/C12H15ClFN3S/c1-3-18-6-7(2)17-11-4-8(13)9(14)5-10(11)16-12(17)15/h4-5,7H,3,6H2,1-2H3,(H2,15,16). The molecule has 2 rings (SSSR count). The Hall–Kier alpha value is -0.940. The number of hydrogen-bond acceptors (Lipinski definition) is 3. The lowest BCUT2D eigenvalue weighted by molar-refractivity contribution is 0.626. The molecule has 0 aliphatic heterocycles. The van der Waals surface area contributed by atoms with E-state index in [-0.39, 0.29) is 11.1 Å². The van der Waals surface area contributed by atoms with Crippen LogP contribution in [0.15, 0.2) is 12.1 Å². The second kappa shape index (κ2) is 5.36. The van der Waals surface area contributed by atoms with E-state index in [1.54, 1.807) is 6.07 Å². The second-order valence-corrected chi connectivity index (χ2v) is 5.83. The number of nitrogens with two attached hydrogens (primary N) is 1. The number of halogens is 2. The maximum atomic E-state index is 13.4. The van der Waals surface area contributed by atoms with Crippen molar-refractivity contribution in [3.8, 4) is 0 Å². The highest BCUT2D eigenvalue weighted by molar-refractivity contribution is 7.99. The van der Waals surface area contributed by atoms with Crippen molar-refractivity contribution in [1.82, 2.24) is 9.55 Å². The number of anilines is 1. The number of fused-ring (bicyclic) bond motifs is 1. The zero-order valence-corrected chi connectivity index (χ0v) is 11.9. The van der Waals surface area contributed by atoms with Crippen molar-refractivity contribution in [2.24, 2.45) is 0 Å². The van der Waals surface area contributed by atoms with Crippen molar-refractivity contribution >= 4 is 40.3 Å². The van der Waals surface area contributed by atoms with Crippen LogP contribution in [0.25, 0.3) is 11.0 Å². The van der Waals surface area contributed by atoms with Crippen molar-refractivity contribution in [1.29, 1.82) is 0 Å². The summed E-state index contributed by atoms with van der Waals surface area (Å²) in [5.74, 6) is 1.91. The molecule has 2 aromatic rings. The van der Waals surface area contributed by atoms with Crippen LogP contribution in [0.2, 0.25) is 5.02 Å². The van der Waals surface area contributed by atoms with E-state index in [1.165, 1.54) is 6.07 Å². The number of nitrogen functional groups attached to an aromatic ring is 1. The summed E-state index contributed by atoms with van der Waals surface area (Å²) in [6.45, 7) is 4.18. The van der Waals surface area contributed by atoms with Crippen LogP contribution in [0, 0.1) is 5.82 Å². The van der Waals surface area contributed by atoms with Gasteiger partial charge in [-0.15, -0.1) is 0 Å². The molecule has 0 spiro atoms. The number of rotatable bonds is 4. The normalized spacial score (nSPS) is 13.1. The van der Waals surface area contributed by atoms with Crippen LogP contribution >= 0.6 is 23.4 Å². The minimum absolute atomic E-state index is 0.0963. The Morgan fingerprint density at radius 2 is 2.28 bits per heavy atom. The zero-order chi connectivity index (χ0) is 13.3. The van der Waals surface area contributed by atoms with Gasteiger partial charge in [0.1, 0.15) is 5.82 Å². The minimum Gasteiger partial charge on any atom is -0.369 e. The Morgan fingerprint density at radius 3 is 2.94 bits per heavy atom. The Kier molecular flexibility index (Phi) is 4.02. The highest BCUT2D eigenvalue weighted by Crippen LogP contribution is 2.28. The predicted octanol–water partition coefficient (Wildman–Crippen LogP) is 3.73. The van der Waals surface area contributed by atoms with Gasteiger partial charge in [-0.3, -0.25) is 0 Å². The Balaban J connectivity index is 2.49. The summed E-state index contributed by atoms with van der Waals surface area (Å²) < 4.78 is 15.3. The fourth-order valence-corrected chi connectivity index (χ4v) is 2.82. The van der Waals surface area contributed by atoms with Gasteiger partial charge in [0.25, 0.3) is 0 Å². The van der Waals surface area contributed by atoms with Gasteiger partial charge in [0, 0.05) is 17.9 Å². The number of thioether (sulfide) groups is 1. The molecule has 0 aliphatic rings. The van der Waals surface area contributed by atoms with Gasteiger partial charge in [0.15, 0.2) is 0 Å². The van der Waals surface area contributed by atoms with E-state index in [0.29, 0.717) is 11.5 Å². The molecule has 0 saturated carbocycles. The lowest BCUT2D eigenvalue weighted by Gasteiger charge is -2.15. The van der Waals surface area contributed by atoms with Gasteiger partial charge in [-0.05, 0) is 18.7 Å². The van der Waals surface area contributed by atoms with Crippen molar-refractivity contribution in [2.75, 3.05) is 17.2 Å². The first-order chi connectivity index (χ1) is 8.54. The molecule has 0 bridgehead atoms. The maximum absolute atomic E-state index is 13.4. The molecule has 1 aromatic heterocycles. The SMILES string of the molecule is CCSCC(C)n1c(N)nc2cc(F)c(Cl)cc21. The van der Waals surface area contributed by atoms with Crippen molar-refractivity contribution in [3.05, 3.63) is 23.0 Å². The maximum Gasteiger partial charge on any atom is 0.201 e. The molecule has 0 amide bonds. The van der Waals surface area contributed by atoms with Crippen LogP contribution in [0.3, 0.4) is 0 Å². The summed E-state index contributed by atoms with van der Waals surface area (Å²) in [6.07, 6.45) is 0. The molecule has 0 saturated heterocycles. The Bertz CT molecular complexity index is 570. The minimum atomic E-state index is -0.468. The third kappa shape index (κ3) is 2.42. The Labute approximate surface area is 115 Å². The number of benzene rings is 1. The topological polar surface area (TPSA) is 43.8 Å². The fraction of sp³-hybridized carbons (Fsp3) is 0.417. The molecule has 0 radical (unpaired) electrons. The largest absolute Gasteiger partial charge is 0.369 e. The molecule has 3 nitrogen and oxygen atoms in total. The number of nitrogens with zero attached hydrogens (tertiary/aromatic N) is 2. The van der Waals surface area contributed by atoms with Crippen LogP contribution in [0.1, 0.15) is 19.9 Å². The smallest absolute Gasteiger partial charge is 0.201 e. The predicted molar refractivity (Wildman–Crippen MR) is 76.8 cm³/mol. The number of aromatic nitrogens is 2. The van der Waals surface area contributed by atoms with Gasteiger partial charge >= 0.3 is 0 Å². The van der Waals surface area contributed by atoms with Gasteiger partial charge in [0.2, 0.25) is 5.95 Å². The molecule has 98 valence electrons. The lowest BCUT2D eigenvalue weighted by Crippen LogP contribution is -2.11. The molecule has 1 unspecified atom stereocenters. The summed E-state index contributed by atoms with van der Waals surface area (Å²) in [6, 6.07) is 3.11. The highest BCUT2D eigenvalue weighted by Gasteiger charge is 2.15. The van der Waals surface area contributed by atoms with Crippen molar-refractivity contribution in [2.45, 2.75) is 19.9 Å². The van der Waals surface area contributed by atoms with Gasteiger partial charge < -0.3 is 10.3 Å². The molecule has 1 aromatic carbocycles. The summed E-state index contributed by atoms with van der Waals surface area (Å²) in [5, 5.41) is 0.0963. The van der Waals surface area contributed by atoms with E-state index in [4.69, 9.17) is 17.3 Å². The molecule has 0 fully saturated rings. The fourth-order valence-electron chi connectivity index (χ4n) is 1.94. The zero-order valence-electron chi connectivity index (χ0n) is 10.3. The van der Waals surface area contributed by atoms with Crippen LogP contribution in [-0.4, -0.2) is 21.1 Å². The third-order valence-corrected chi connectivity index (χ3v) is 4.18. The summed E-state index contributed by atoms with van der Waals surface area (Å²) in [4.78, 5) is 4.18. The van der Waals surface area contributed by atoms with E-state index >= 15 is 0 Å². The molecule has 0 aliphatic carbocycles. The van der Waals surface area contributed by atoms with Crippen LogP contribution in [0.5, 0.6) is 0 Å². The lowest BCUT2D eigenvalue weighted by atomic mass is 10.3. The van der Waals surface area contributed by atoms with Crippen molar-refractivity contribution < 1.29 is 4.39 Å². The molecule has 2 N–H and O–H groups in total. The number of imidazole rings is 1. The summed E-state index contributed by atoms with van der Waals surface area (Å²) in [5.41, 5.74) is 7.23. The van der Waals surface area contributed by atoms with E-state index < -0.39 is 5.82 Å². The average molecular weight is 288 g/mol. The molecule has 1 heterocycles. The first kappa shape index (κ1) is 13.5. The van der Waals surface area contributed by atoms with E-state index in [1.807, 2.05) is 16.3 Å². The number of hydrogen-bond donors (Lipinski definition) is 1. The molecule has 1 atom stereocenters.